The molecule has 0 bridgehead atoms. The van der Waals surface area contributed by atoms with Gasteiger partial charge in [-0.2, -0.15) is 0 Å². The highest BCUT2D eigenvalue weighted by Gasteiger charge is 1.99. The summed E-state index contributed by atoms with van der Waals surface area (Å²) in [6.45, 7) is 4.23. The minimum atomic E-state index is 0.750. The molecule has 1 heterocycles. The maximum absolute atomic E-state index is 5.56. The number of hydrogen-bond acceptors (Lipinski definition) is 4. The highest BCUT2D eigenvalue weighted by molar-refractivity contribution is 5.84. The van der Waals surface area contributed by atoms with E-state index in [1.54, 1.807) is 0 Å². The molecule has 1 N–H and O–H groups in total. The van der Waals surface area contributed by atoms with E-state index in [0.29, 0.717) is 0 Å². The molecule has 108 valence electrons. The van der Waals surface area contributed by atoms with Crippen molar-refractivity contribution in [3.8, 4) is 0 Å². The lowest BCUT2D eigenvalue weighted by Crippen LogP contribution is -2.23. The normalized spacial score (nSPS) is 11.3. The van der Waals surface area contributed by atoms with E-state index in [2.05, 4.69) is 53.6 Å². The Balaban J connectivity index is 1.73. The summed E-state index contributed by atoms with van der Waals surface area (Å²) in [4.78, 5) is 6.28. The Morgan fingerprint density at radius 1 is 1.20 bits per heavy atom. The lowest BCUT2D eigenvalue weighted by Gasteiger charge is -2.11. The van der Waals surface area contributed by atoms with E-state index < -0.39 is 0 Å². The molecular formula is C16H23N3O. The van der Waals surface area contributed by atoms with Gasteiger partial charge in [0.15, 0.2) is 0 Å². The zero-order valence-electron chi connectivity index (χ0n) is 12.3. The van der Waals surface area contributed by atoms with E-state index >= 15 is 0 Å². The molecule has 0 spiro atoms. The molecule has 2 rings (SSSR count). The molecule has 1 aromatic carbocycles. The number of hydrogen-bond donors (Lipinski definition) is 1. The summed E-state index contributed by atoms with van der Waals surface area (Å²) >= 11 is 0. The molecule has 0 aliphatic carbocycles. The molecule has 0 amide bonds. The Labute approximate surface area is 120 Å². The molecular weight excluding hydrogens is 250 g/mol. The van der Waals surface area contributed by atoms with Crippen molar-refractivity contribution in [1.82, 2.24) is 15.2 Å². The molecule has 0 aliphatic rings. The summed E-state index contributed by atoms with van der Waals surface area (Å²) in [6, 6.07) is 8.40. The van der Waals surface area contributed by atoms with Crippen LogP contribution in [-0.2, 0) is 11.3 Å². The number of nitrogens with one attached hydrogen (secondary N) is 1. The van der Waals surface area contributed by atoms with Crippen LogP contribution in [0.1, 0.15) is 5.56 Å². The molecule has 1 aromatic heterocycles. The summed E-state index contributed by atoms with van der Waals surface area (Å²) in [7, 11) is 4.11. The molecule has 2 aromatic rings. The van der Waals surface area contributed by atoms with Gasteiger partial charge >= 0.3 is 0 Å². The zero-order chi connectivity index (χ0) is 14.2. The van der Waals surface area contributed by atoms with E-state index in [9.17, 15) is 0 Å². The van der Waals surface area contributed by atoms with Crippen LogP contribution < -0.4 is 5.32 Å². The second-order valence-corrected chi connectivity index (χ2v) is 5.11. The van der Waals surface area contributed by atoms with Crippen molar-refractivity contribution >= 4 is 10.8 Å². The maximum atomic E-state index is 5.56. The van der Waals surface area contributed by atoms with Gasteiger partial charge in [0.05, 0.1) is 13.2 Å². The van der Waals surface area contributed by atoms with Crippen molar-refractivity contribution in [2.75, 3.05) is 40.4 Å². The van der Waals surface area contributed by atoms with E-state index in [1.165, 1.54) is 16.3 Å². The SMILES string of the molecule is CN(C)CCOCCNCc1cccc2cnccc12. The Bertz CT molecular complexity index is 523. The molecule has 20 heavy (non-hydrogen) atoms. The van der Waals surface area contributed by atoms with Gasteiger partial charge in [-0.25, -0.2) is 0 Å². The van der Waals surface area contributed by atoms with Gasteiger partial charge in [-0.1, -0.05) is 18.2 Å². The molecule has 0 fully saturated rings. The van der Waals surface area contributed by atoms with E-state index in [-0.39, 0.29) is 0 Å². The lowest BCUT2D eigenvalue weighted by molar-refractivity contribution is 0.119. The predicted octanol–water partition coefficient (Wildman–Crippen LogP) is 1.90. The van der Waals surface area contributed by atoms with Crippen LogP contribution in [0, 0.1) is 0 Å². The molecule has 0 aliphatic heterocycles. The number of aromatic nitrogens is 1. The van der Waals surface area contributed by atoms with Crippen LogP contribution in [0.25, 0.3) is 10.8 Å². The first-order chi connectivity index (χ1) is 9.77. The van der Waals surface area contributed by atoms with Gasteiger partial charge in [-0.15, -0.1) is 0 Å². The summed E-state index contributed by atoms with van der Waals surface area (Å²) in [5.74, 6) is 0. The van der Waals surface area contributed by atoms with Crippen molar-refractivity contribution in [2.45, 2.75) is 6.54 Å². The number of ether oxygens (including phenoxy) is 1. The first-order valence-electron chi connectivity index (χ1n) is 7.02. The average Bonchev–Trinajstić information content (AvgIpc) is 2.46. The fourth-order valence-corrected chi connectivity index (χ4v) is 2.06. The largest absolute Gasteiger partial charge is 0.379 e. The second-order valence-electron chi connectivity index (χ2n) is 5.11. The van der Waals surface area contributed by atoms with Crippen molar-refractivity contribution < 1.29 is 4.74 Å². The lowest BCUT2D eigenvalue weighted by atomic mass is 10.1. The van der Waals surface area contributed by atoms with Crippen molar-refractivity contribution in [3.63, 3.8) is 0 Å². The quantitative estimate of drug-likeness (QED) is 0.746. The van der Waals surface area contributed by atoms with Gasteiger partial charge in [0.1, 0.15) is 0 Å². The zero-order valence-corrected chi connectivity index (χ0v) is 12.3. The highest BCUT2D eigenvalue weighted by atomic mass is 16.5. The Morgan fingerprint density at radius 3 is 2.95 bits per heavy atom. The summed E-state index contributed by atoms with van der Waals surface area (Å²) in [5, 5.41) is 5.88. The molecule has 0 atom stereocenters. The van der Waals surface area contributed by atoms with Gasteiger partial charge < -0.3 is 15.0 Å². The molecule has 0 unspecified atom stereocenters. The summed E-state index contributed by atoms with van der Waals surface area (Å²) in [5.41, 5.74) is 1.30. The number of rotatable bonds is 8. The third kappa shape index (κ3) is 4.56. The number of nitrogens with zero attached hydrogens (tertiary/aromatic N) is 2. The smallest absolute Gasteiger partial charge is 0.0593 e. The Hall–Kier alpha value is -1.49. The van der Waals surface area contributed by atoms with Crippen LogP contribution in [0.15, 0.2) is 36.7 Å². The molecule has 4 heteroatoms. The van der Waals surface area contributed by atoms with Gasteiger partial charge in [0.2, 0.25) is 0 Å². The third-order valence-electron chi connectivity index (χ3n) is 3.19. The van der Waals surface area contributed by atoms with Gasteiger partial charge in [0.25, 0.3) is 0 Å². The fourth-order valence-electron chi connectivity index (χ4n) is 2.06. The number of pyridine rings is 1. The van der Waals surface area contributed by atoms with Crippen molar-refractivity contribution in [1.29, 1.82) is 0 Å². The summed E-state index contributed by atoms with van der Waals surface area (Å²) in [6.07, 6.45) is 3.75. The topological polar surface area (TPSA) is 37.4 Å². The van der Waals surface area contributed by atoms with Crippen LogP contribution in [0.4, 0.5) is 0 Å². The monoisotopic (exact) mass is 273 g/mol. The fraction of sp³-hybridized carbons (Fsp3) is 0.438. The summed E-state index contributed by atoms with van der Waals surface area (Å²) < 4.78 is 5.56. The Morgan fingerprint density at radius 2 is 2.10 bits per heavy atom. The average molecular weight is 273 g/mol. The Kier molecular flexibility index (Phi) is 5.92. The predicted molar refractivity (Wildman–Crippen MR) is 82.8 cm³/mol. The van der Waals surface area contributed by atoms with Crippen LogP contribution in [0.5, 0.6) is 0 Å². The number of benzene rings is 1. The standard InChI is InChI=1S/C16H23N3O/c1-19(2)9-11-20-10-8-18-13-15-5-3-4-14-12-17-7-6-16(14)15/h3-7,12,18H,8-11,13H2,1-2H3. The van der Waals surface area contributed by atoms with Gasteiger partial charge in [0, 0.05) is 37.4 Å². The second kappa shape index (κ2) is 7.94. The van der Waals surface area contributed by atoms with Crippen molar-refractivity contribution in [2.24, 2.45) is 0 Å². The minimum absolute atomic E-state index is 0.750. The third-order valence-corrected chi connectivity index (χ3v) is 3.19. The molecule has 4 nitrogen and oxygen atoms in total. The maximum Gasteiger partial charge on any atom is 0.0593 e. The highest BCUT2D eigenvalue weighted by Crippen LogP contribution is 2.16. The molecule has 0 radical (unpaired) electrons. The minimum Gasteiger partial charge on any atom is -0.379 e. The van der Waals surface area contributed by atoms with E-state index in [1.807, 2.05) is 12.4 Å². The first kappa shape index (κ1) is 14.9. The molecule has 0 saturated heterocycles. The van der Waals surface area contributed by atoms with Crippen LogP contribution >= 0.6 is 0 Å². The van der Waals surface area contributed by atoms with Gasteiger partial charge in [-0.3, -0.25) is 4.98 Å². The van der Waals surface area contributed by atoms with Gasteiger partial charge in [-0.05, 0) is 31.1 Å². The van der Waals surface area contributed by atoms with Crippen molar-refractivity contribution in [3.05, 3.63) is 42.2 Å². The van der Waals surface area contributed by atoms with Crippen LogP contribution in [0.3, 0.4) is 0 Å². The first-order valence-corrected chi connectivity index (χ1v) is 7.02. The van der Waals surface area contributed by atoms with Crippen LogP contribution in [0.2, 0.25) is 0 Å². The molecule has 0 saturated carbocycles. The van der Waals surface area contributed by atoms with E-state index in [0.717, 1.165) is 32.8 Å². The number of fused-ring (bicyclic) bond motifs is 1. The van der Waals surface area contributed by atoms with E-state index in [4.69, 9.17) is 4.74 Å². The number of likely N-dealkylation sites (N-methyl/N-ethyl adjacent to an activating group) is 1. The van der Waals surface area contributed by atoms with Crippen LogP contribution in [-0.4, -0.2) is 50.3 Å².